The number of alkyl halides is 1. The van der Waals surface area contributed by atoms with Crippen molar-refractivity contribution in [2.75, 3.05) is 13.0 Å². The molecule has 0 saturated carbocycles. The fourth-order valence-electron chi connectivity index (χ4n) is 3.28. The molecule has 0 saturated heterocycles. The fraction of sp³-hybridized carbons (Fsp3) is 0.231. The maximum atomic E-state index is 13.0. The van der Waals surface area contributed by atoms with Crippen molar-refractivity contribution in [2.24, 2.45) is 0 Å². The van der Waals surface area contributed by atoms with E-state index in [1.807, 2.05) is 36.4 Å². The van der Waals surface area contributed by atoms with Crippen LogP contribution in [0.5, 0.6) is 11.5 Å². The van der Waals surface area contributed by atoms with E-state index in [2.05, 4.69) is 0 Å². The molecule has 0 N–H and O–H groups in total. The van der Waals surface area contributed by atoms with Gasteiger partial charge in [0, 0.05) is 39.5 Å². The van der Waals surface area contributed by atoms with E-state index in [9.17, 15) is 9.59 Å². The number of hydrogen-bond acceptors (Lipinski definition) is 5. The van der Waals surface area contributed by atoms with Crippen molar-refractivity contribution in [1.82, 2.24) is 0 Å². The number of carbonyl (C=O) groups excluding carboxylic acids is 2. The first kappa shape index (κ1) is 25.9. The van der Waals surface area contributed by atoms with Crippen molar-refractivity contribution in [3.05, 3.63) is 93.0 Å². The average Bonchev–Trinajstić information content (AvgIpc) is 2.83. The van der Waals surface area contributed by atoms with Crippen LogP contribution in [0.3, 0.4) is 0 Å². The molecule has 0 bridgehead atoms. The van der Waals surface area contributed by atoms with E-state index < -0.39 is 5.97 Å². The highest BCUT2D eigenvalue weighted by atomic mass is 35.5. The molecule has 8 heteroatoms. The van der Waals surface area contributed by atoms with Gasteiger partial charge in [0.1, 0.15) is 24.7 Å². The number of hydrogen-bond donors (Lipinski definition) is 0. The number of Topliss-reactive ketones (excluding diaryl/α,β-unsaturated/α-hetero) is 1. The highest BCUT2D eigenvalue weighted by molar-refractivity contribution is 6.31. The minimum Gasteiger partial charge on any atom is -0.489 e. The van der Waals surface area contributed by atoms with Gasteiger partial charge >= 0.3 is 5.97 Å². The monoisotopic (exact) mass is 520 g/mol. The quantitative estimate of drug-likeness (QED) is 0.160. The van der Waals surface area contributed by atoms with Crippen LogP contribution in [-0.2, 0) is 29.2 Å². The van der Waals surface area contributed by atoms with E-state index in [0.29, 0.717) is 21.4 Å². The zero-order valence-electron chi connectivity index (χ0n) is 18.5. The molecule has 3 rings (SSSR count). The molecule has 5 nitrogen and oxygen atoms in total. The summed E-state index contributed by atoms with van der Waals surface area (Å²) in [6, 6.07) is 17.8. The molecule has 0 amide bonds. The number of carbonyl (C=O) groups is 2. The third kappa shape index (κ3) is 6.89. The summed E-state index contributed by atoms with van der Waals surface area (Å²) in [6.45, 7) is 0.308. The highest BCUT2D eigenvalue weighted by Crippen LogP contribution is 2.33. The molecular formula is C26H23Cl3O5. The lowest BCUT2D eigenvalue weighted by Gasteiger charge is -2.18. The van der Waals surface area contributed by atoms with E-state index in [4.69, 9.17) is 49.0 Å². The Balaban J connectivity index is 2.00. The number of esters is 1. The minimum absolute atomic E-state index is 0.0814. The third-order valence-electron chi connectivity index (χ3n) is 5.01. The van der Waals surface area contributed by atoms with Gasteiger partial charge in [-0.2, -0.15) is 0 Å². The Morgan fingerprint density at radius 1 is 0.824 bits per heavy atom. The van der Waals surface area contributed by atoms with Gasteiger partial charge < -0.3 is 14.2 Å². The summed E-state index contributed by atoms with van der Waals surface area (Å²) in [5.41, 5.74) is 2.23. The number of ether oxygens (including phenoxy) is 3. The van der Waals surface area contributed by atoms with Crippen molar-refractivity contribution in [3.63, 3.8) is 0 Å². The van der Waals surface area contributed by atoms with Gasteiger partial charge in [0.2, 0.25) is 0 Å². The van der Waals surface area contributed by atoms with Crippen molar-refractivity contribution in [1.29, 1.82) is 0 Å². The molecule has 0 radical (unpaired) electrons. The normalized spacial score (nSPS) is 10.6. The second kappa shape index (κ2) is 12.7. The average molecular weight is 522 g/mol. The van der Waals surface area contributed by atoms with Gasteiger partial charge in [-0.15, -0.1) is 11.6 Å². The van der Waals surface area contributed by atoms with Crippen LogP contribution in [-0.4, -0.2) is 24.7 Å². The van der Waals surface area contributed by atoms with Crippen LogP contribution in [0.15, 0.2) is 60.7 Å². The molecule has 0 spiro atoms. The predicted octanol–water partition coefficient (Wildman–Crippen LogP) is 6.68. The molecule has 34 heavy (non-hydrogen) atoms. The molecule has 0 fully saturated rings. The van der Waals surface area contributed by atoms with Gasteiger partial charge in [0.15, 0.2) is 5.78 Å². The van der Waals surface area contributed by atoms with Crippen LogP contribution in [0.25, 0.3) is 0 Å². The van der Waals surface area contributed by atoms with Gasteiger partial charge in [0.25, 0.3) is 0 Å². The molecule has 0 aliphatic carbocycles. The van der Waals surface area contributed by atoms with Gasteiger partial charge in [-0.3, -0.25) is 9.59 Å². The molecule has 0 aromatic heterocycles. The van der Waals surface area contributed by atoms with Crippen LogP contribution in [0, 0.1) is 0 Å². The Morgan fingerprint density at radius 2 is 1.41 bits per heavy atom. The first-order valence-corrected chi connectivity index (χ1v) is 11.8. The Labute approximate surface area is 213 Å². The summed E-state index contributed by atoms with van der Waals surface area (Å²) in [5, 5.41) is 1.11. The van der Waals surface area contributed by atoms with Gasteiger partial charge in [-0.05, 0) is 23.8 Å². The summed E-state index contributed by atoms with van der Waals surface area (Å²) in [4.78, 5) is 25.1. The van der Waals surface area contributed by atoms with Crippen molar-refractivity contribution in [3.8, 4) is 11.5 Å². The minimum atomic E-state index is -0.500. The highest BCUT2D eigenvalue weighted by Gasteiger charge is 2.22. The Hall–Kier alpha value is -2.73. The Bertz CT molecular complexity index is 1160. The van der Waals surface area contributed by atoms with Gasteiger partial charge in [-0.25, -0.2) is 0 Å². The van der Waals surface area contributed by atoms with Crippen molar-refractivity contribution < 1.29 is 23.8 Å². The number of halogens is 3. The van der Waals surface area contributed by atoms with Crippen LogP contribution in [0.1, 0.15) is 33.5 Å². The van der Waals surface area contributed by atoms with Crippen molar-refractivity contribution >= 4 is 46.6 Å². The predicted molar refractivity (Wildman–Crippen MR) is 133 cm³/mol. The first-order chi connectivity index (χ1) is 16.4. The zero-order valence-corrected chi connectivity index (χ0v) is 20.8. The van der Waals surface area contributed by atoms with Crippen LogP contribution in [0.4, 0.5) is 0 Å². The van der Waals surface area contributed by atoms with Gasteiger partial charge in [0.05, 0.1) is 19.1 Å². The summed E-state index contributed by atoms with van der Waals surface area (Å²) < 4.78 is 16.8. The lowest BCUT2D eigenvalue weighted by molar-refractivity contribution is -0.139. The van der Waals surface area contributed by atoms with E-state index in [0.717, 1.165) is 11.1 Å². The number of ketones is 1. The topological polar surface area (TPSA) is 61.8 Å². The standard InChI is InChI=1S/C26H23Cl3O5/c1-32-25(31)13-19-12-20(33-15-17-6-2-4-8-21(17)28)14-24(26(19)23(30)10-11-27)34-16-18-7-3-5-9-22(18)29/h2-9,12,14H,10-11,13,15-16H2,1H3. The molecule has 3 aromatic carbocycles. The number of methoxy groups -OCH3 is 1. The number of benzene rings is 3. The Kier molecular flexibility index (Phi) is 9.63. The van der Waals surface area contributed by atoms with E-state index in [1.54, 1.807) is 24.3 Å². The molecule has 0 aliphatic heterocycles. The van der Waals surface area contributed by atoms with Gasteiger partial charge in [-0.1, -0.05) is 59.6 Å². The molecule has 178 valence electrons. The molecule has 0 atom stereocenters. The smallest absolute Gasteiger partial charge is 0.310 e. The second-order valence-corrected chi connectivity index (χ2v) is 8.52. The van der Waals surface area contributed by atoms with Crippen molar-refractivity contribution in [2.45, 2.75) is 26.1 Å². The summed E-state index contributed by atoms with van der Waals surface area (Å²) in [7, 11) is 1.29. The lowest BCUT2D eigenvalue weighted by Crippen LogP contribution is -2.13. The lowest BCUT2D eigenvalue weighted by atomic mass is 9.97. The maximum absolute atomic E-state index is 13.0. The summed E-state index contributed by atoms with van der Waals surface area (Å²) in [6.07, 6.45) is -0.0520. The van der Waals surface area contributed by atoms with E-state index in [-0.39, 0.29) is 49.0 Å². The Morgan fingerprint density at radius 3 is 1.97 bits per heavy atom. The van der Waals surface area contributed by atoms with E-state index >= 15 is 0 Å². The van der Waals surface area contributed by atoms with Crippen LogP contribution < -0.4 is 9.47 Å². The fourth-order valence-corrected chi connectivity index (χ4v) is 3.84. The zero-order chi connectivity index (χ0) is 24.5. The molecular weight excluding hydrogens is 499 g/mol. The number of rotatable bonds is 11. The first-order valence-electron chi connectivity index (χ1n) is 10.5. The van der Waals surface area contributed by atoms with Crippen LogP contribution >= 0.6 is 34.8 Å². The molecule has 3 aromatic rings. The summed E-state index contributed by atoms with van der Waals surface area (Å²) in [5.74, 6) is 0.0625. The molecule has 0 heterocycles. The SMILES string of the molecule is COC(=O)Cc1cc(OCc2ccccc2Cl)cc(OCc2ccccc2Cl)c1C(=O)CCCl. The second-order valence-electron chi connectivity index (χ2n) is 7.33. The molecule has 0 unspecified atom stereocenters. The summed E-state index contributed by atoms with van der Waals surface area (Å²) >= 11 is 18.3. The largest absolute Gasteiger partial charge is 0.489 e. The molecule has 0 aliphatic rings. The van der Waals surface area contributed by atoms with E-state index in [1.165, 1.54) is 7.11 Å². The third-order valence-corrected chi connectivity index (χ3v) is 5.94. The van der Waals surface area contributed by atoms with Crippen LogP contribution in [0.2, 0.25) is 10.0 Å². The maximum Gasteiger partial charge on any atom is 0.310 e.